The third kappa shape index (κ3) is 5.73. The van der Waals surface area contributed by atoms with Crippen LogP contribution in [0.25, 0.3) is 0 Å². The van der Waals surface area contributed by atoms with Crippen LogP contribution < -0.4 is 4.74 Å². The summed E-state index contributed by atoms with van der Waals surface area (Å²) in [5.41, 5.74) is 2.44. The predicted octanol–water partition coefficient (Wildman–Crippen LogP) is 4.18. The number of aryl methyl sites for hydroxylation is 1. The number of pyridine rings is 1. The van der Waals surface area contributed by atoms with E-state index in [9.17, 15) is 4.79 Å². The van der Waals surface area contributed by atoms with E-state index in [1.807, 2.05) is 31.2 Å². The number of aromatic nitrogens is 1. The molecule has 3 heterocycles. The summed E-state index contributed by atoms with van der Waals surface area (Å²) in [7, 11) is 0. The zero-order valence-electron chi connectivity index (χ0n) is 17.6. The SMILES string of the molecule is Cc1ccnc(OCC2CC(=O)N(CC3CCN(Cc4ccc(Cl)cc4)CC3)C2)c1. The van der Waals surface area contributed by atoms with Crippen LogP contribution in [-0.4, -0.2) is 53.5 Å². The Morgan fingerprint density at radius 3 is 2.63 bits per heavy atom. The maximum absolute atomic E-state index is 12.5. The number of hydrogen-bond donors (Lipinski definition) is 0. The topological polar surface area (TPSA) is 45.7 Å². The summed E-state index contributed by atoms with van der Waals surface area (Å²) in [5, 5.41) is 0.784. The van der Waals surface area contributed by atoms with Gasteiger partial charge in [0, 0.05) is 49.3 Å². The molecule has 2 aliphatic rings. The van der Waals surface area contributed by atoms with E-state index in [0.29, 0.717) is 24.8 Å². The van der Waals surface area contributed by atoms with Gasteiger partial charge in [-0.3, -0.25) is 9.69 Å². The molecular weight excluding hydrogens is 398 g/mol. The normalized spacial score (nSPS) is 20.7. The predicted molar refractivity (Wildman–Crippen MR) is 119 cm³/mol. The monoisotopic (exact) mass is 427 g/mol. The molecule has 0 saturated carbocycles. The molecule has 1 aromatic heterocycles. The van der Waals surface area contributed by atoms with Crippen molar-refractivity contribution in [2.24, 2.45) is 11.8 Å². The highest BCUT2D eigenvalue weighted by atomic mass is 35.5. The van der Waals surface area contributed by atoms with Gasteiger partial charge < -0.3 is 9.64 Å². The Labute approximate surface area is 184 Å². The van der Waals surface area contributed by atoms with Gasteiger partial charge in [0.25, 0.3) is 0 Å². The van der Waals surface area contributed by atoms with Gasteiger partial charge in [0.05, 0.1) is 6.61 Å². The van der Waals surface area contributed by atoms with Crippen molar-refractivity contribution in [2.75, 3.05) is 32.8 Å². The van der Waals surface area contributed by atoms with Gasteiger partial charge >= 0.3 is 0 Å². The molecular formula is C24H30ClN3O2. The van der Waals surface area contributed by atoms with Crippen LogP contribution in [0.3, 0.4) is 0 Å². The molecule has 30 heavy (non-hydrogen) atoms. The highest BCUT2D eigenvalue weighted by Crippen LogP contribution is 2.25. The molecule has 1 aromatic carbocycles. The summed E-state index contributed by atoms with van der Waals surface area (Å²) in [5.74, 6) is 1.76. The minimum absolute atomic E-state index is 0.254. The number of rotatable bonds is 7. The second-order valence-electron chi connectivity index (χ2n) is 8.70. The van der Waals surface area contributed by atoms with Crippen molar-refractivity contribution in [2.45, 2.75) is 32.7 Å². The second-order valence-corrected chi connectivity index (χ2v) is 9.13. The number of piperidine rings is 1. The first kappa shape index (κ1) is 21.1. The molecule has 160 valence electrons. The van der Waals surface area contributed by atoms with Gasteiger partial charge in [-0.2, -0.15) is 0 Å². The molecule has 2 aliphatic heterocycles. The van der Waals surface area contributed by atoms with Crippen molar-refractivity contribution in [3.05, 3.63) is 58.7 Å². The van der Waals surface area contributed by atoms with Crippen molar-refractivity contribution >= 4 is 17.5 Å². The average Bonchev–Trinajstić information content (AvgIpc) is 3.09. The second kappa shape index (κ2) is 9.80. The Balaban J connectivity index is 1.19. The van der Waals surface area contributed by atoms with Crippen LogP contribution in [0.1, 0.15) is 30.4 Å². The summed E-state index contributed by atoms with van der Waals surface area (Å²) in [6.45, 7) is 7.40. The summed E-state index contributed by atoms with van der Waals surface area (Å²) in [6.07, 6.45) is 4.63. The highest BCUT2D eigenvalue weighted by Gasteiger charge is 2.32. The van der Waals surface area contributed by atoms with Crippen molar-refractivity contribution in [1.82, 2.24) is 14.8 Å². The van der Waals surface area contributed by atoms with E-state index < -0.39 is 0 Å². The maximum Gasteiger partial charge on any atom is 0.223 e. The number of likely N-dealkylation sites (tertiary alicyclic amines) is 2. The third-order valence-electron chi connectivity index (χ3n) is 6.16. The van der Waals surface area contributed by atoms with Crippen molar-refractivity contribution < 1.29 is 9.53 Å². The van der Waals surface area contributed by atoms with Crippen LogP contribution in [0.15, 0.2) is 42.6 Å². The molecule has 4 rings (SSSR count). The van der Waals surface area contributed by atoms with Crippen molar-refractivity contribution in [1.29, 1.82) is 0 Å². The number of benzene rings is 1. The standard InChI is InChI=1S/C24H30ClN3O2/c1-18-6-9-26-23(12-18)30-17-21-13-24(29)28(16-21)15-20-7-10-27(11-8-20)14-19-2-4-22(25)5-3-19/h2-6,9,12,20-21H,7-8,10-11,13-17H2,1H3. The van der Waals surface area contributed by atoms with Crippen molar-refractivity contribution in [3.8, 4) is 5.88 Å². The number of nitrogens with zero attached hydrogens (tertiary/aromatic N) is 3. The van der Waals surface area contributed by atoms with Gasteiger partial charge in [-0.05, 0) is 68.1 Å². The number of amides is 1. The largest absolute Gasteiger partial charge is 0.477 e. The lowest BCUT2D eigenvalue weighted by Crippen LogP contribution is -2.39. The van der Waals surface area contributed by atoms with Crippen LogP contribution in [0.5, 0.6) is 5.88 Å². The molecule has 2 aromatic rings. The van der Waals surface area contributed by atoms with Crippen LogP contribution in [0.4, 0.5) is 0 Å². The zero-order chi connectivity index (χ0) is 20.9. The number of ether oxygens (including phenoxy) is 1. The van der Waals surface area contributed by atoms with E-state index >= 15 is 0 Å². The van der Waals surface area contributed by atoms with Gasteiger partial charge in [-0.1, -0.05) is 23.7 Å². The van der Waals surface area contributed by atoms with E-state index in [-0.39, 0.29) is 11.8 Å². The zero-order valence-corrected chi connectivity index (χ0v) is 18.4. The Hall–Kier alpha value is -2.11. The van der Waals surface area contributed by atoms with E-state index in [0.717, 1.165) is 56.2 Å². The molecule has 0 N–H and O–H groups in total. The molecule has 0 bridgehead atoms. The van der Waals surface area contributed by atoms with Gasteiger partial charge in [0.1, 0.15) is 0 Å². The highest BCUT2D eigenvalue weighted by molar-refractivity contribution is 6.30. The Kier molecular flexibility index (Phi) is 6.90. The molecule has 1 amide bonds. The number of carbonyl (C=O) groups is 1. The summed E-state index contributed by atoms with van der Waals surface area (Å²) < 4.78 is 5.83. The molecule has 2 fully saturated rings. The molecule has 6 heteroatoms. The molecule has 0 radical (unpaired) electrons. The fraction of sp³-hybridized carbons (Fsp3) is 0.500. The summed E-state index contributed by atoms with van der Waals surface area (Å²) in [6, 6.07) is 12.0. The fourth-order valence-electron chi connectivity index (χ4n) is 4.42. The molecule has 1 unspecified atom stereocenters. The van der Waals surface area contributed by atoms with Crippen LogP contribution in [0, 0.1) is 18.8 Å². The van der Waals surface area contributed by atoms with Gasteiger partial charge in [-0.15, -0.1) is 0 Å². The maximum atomic E-state index is 12.5. The first-order valence-electron chi connectivity index (χ1n) is 10.8. The molecule has 0 spiro atoms. The molecule has 0 aliphatic carbocycles. The Morgan fingerprint density at radius 2 is 1.90 bits per heavy atom. The molecule has 2 saturated heterocycles. The van der Waals surface area contributed by atoms with Crippen molar-refractivity contribution in [3.63, 3.8) is 0 Å². The average molecular weight is 428 g/mol. The van der Waals surface area contributed by atoms with E-state index in [2.05, 4.69) is 26.9 Å². The van der Waals surface area contributed by atoms with E-state index in [1.54, 1.807) is 6.20 Å². The lowest BCUT2D eigenvalue weighted by atomic mass is 9.96. The molecule has 1 atom stereocenters. The lowest BCUT2D eigenvalue weighted by molar-refractivity contribution is -0.128. The summed E-state index contributed by atoms with van der Waals surface area (Å²) >= 11 is 5.98. The number of halogens is 1. The van der Waals surface area contributed by atoms with Gasteiger partial charge in [-0.25, -0.2) is 4.98 Å². The smallest absolute Gasteiger partial charge is 0.223 e. The Morgan fingerprint density at radius 1 is 1.13 bits per heavy atom. The minimum atomic E-state index is 0.254. The summed E-state index contributed by atoms with van der Waals surface area (Å²) in [4.78, 5) is 21.3. The Bertz CT molecular complexity index is 850. The van der Waals surface area contributed by atoms with Crippen LogP contribution in [-0.2, 0) is 11.3 Å². The molecule has 5 nitrogen and oxygen atoms in total. The number of hydrogen-bond acceptors (Lipinski definition) is 4. The fourth-order valence-corrected chi connectivity index (χ4v) is 4.55. The quantitative estimate of drug-likeness (QED) is 0.664. The first-order chi connectivity index (χ1) is 14.5. The van der Waals surface area contributed by atoms with E-state index in [1.165, 1.54) is 5.56 Å². The van der Waals surface area contributed by atoms with Crippen LogP contribution in [0.2, 0.25) is 5.02 Å². The van der Waals surface area contributed by atoms with E-state index in [4.69, 9.17) is 16.3 Å². The van der Waals surface area contributed by atoms with Gasteiger partial charge in [0.2, 0.25) is 11.8 Å². The minimum Gasteiger partial charge on any atom is -0.477 e. The number of carbonyl (C=O) groups excluding carboxylic acids is 1. The van der Waals surface area contributed by atoms with Gasteiger partial charge in [0.15, 0.2) is 0 Å². The lowest BCUT2D eigenvalue weighted by Gasteiger charge is -2.34. The third-order valence-corrected chi connectivity index (χ3v) is 6.41. The van der Waals surface area contributed by atoms with Crippen LogP contribution >= 0.6 is 11.6 Å². The first-order valence-corrected chi connectivity index (χ1v) is 11.2.